The van der Waals surface area contributed by atoms with Crippen molar-refractivity contribution in [2.24, 2.45) is 0 Å². The van der Waals surface area contributed by atoms with Crippen LogP contribution in [0.2, 0.25) is 0 Å². The third kappa shape index (κ3) is 4.17. The van der Waals surface area contributed by atoms with Crippen LogP contribution in [0.1, 0.15) is 52.9 Å². The fourth-order valence-electron chi connectivity index (χ4n) is 3.23. The van der Waals surface area contributed by atoms with Crippen LogP contribution in [0.3, 0.4) is 0 Å². The first-order chi connectivity index (χ1) is 8.96. The Bertz CT molecular complexity index is 248. The molecule has 0 spiro atoms. The lowest BCUT2D eigenvalue weighted by Crippen LogP contribution is -2.59. The van der Waals surface area contributed by atoms with E-state index in [2.05, 4.69) is 57.0 Å². The molecule has 114 valence electrons. The molecular formula is C16H35N3. The van der Waals surface area contributed by atoms with Crippen molar-refractivity contribution in [3.8, 4) is 0 Å². The van der Waals surface area contributed by atoms with Gasteiger partial charge in [-0.2, -0.15) is 0 Å². The third-order valence-corrected chi connectivity index (χ3v) is 5.15. The van der Waals surface area contributed by atoms with E-state index in [9.17, 15) is 0 Å². The van der Waals surface area contributed by atoms with Crippen LogP contribution in [-0.2, 0) is 0 Å². The van der Waals surface area contributed by atoms with Crippen molar-refractivity contribution in [3.63, 3.8) is 0 Å². The second-order valence-electron chi connectivity index (χ2n) is 6.60. The molecule has 0 aromatic carbocycles. The minimum absolute atomic E-state index is 0.437. The summed E-state index contributed by atoms with van der Waals surface area (Å²) in [5.74, 6) is 0. The SMILES string of the molecule is CCCNC(CC)C(C)N(C)CC1(N(C)C)CCC1. The van der Waals surface area contributed by atoms with E-state index in [1.165, 1.54) is 38.6 Å². The average molecular weight is 269 g/mol. The molecule has 1 N–H and O–H groups in total. The highest BCUT2D eigenvalue weighted by molar-refractivity contribution is 4.99. The van der Waals surface area contributed by atoms with E-state index >= 15 is 0 Å². The molecule has 0 aliphatic heterocycles. The smallest absolute Gasteiger partial charge is 0.0330 e. The number of likely N-dealkylation sites (N-methyl/N-ethyl adjacent to an activating group) is 2. The van der Waals surface area contributed by atoms with Crippen molar-refractivity contribution in [3.05, 3.63) is 0 Å². The van der Waals surface area contributed by atoms with Crippen molar-refractivity contribution in [1.29, 1.82) is 0 Å². The molecule has 0 heterocycles. The Morgan fingerprint density at radius 1 is 1.16 bits per heavy atom. The summed E-state index contributed by atoms with van der Waals surface area (Å²) >= 11 is 0. The van der Waals surface area contributed by atoms with Crippen LogP contribution >= 0.6 is 0 Å². The summed E-state index contributed by atoms with van der Waals surface area (Å²) in [6.45, 7) is 9.24. The average Bonchev–Trinajstić information content (AvgIpc) is 2.33. The Morgan fingerprint density at radius 2 is 1.79 bits per heavy atom. The van der Waals surface area contributed by atoms with E-state index in [4.69, 9.17) is 0 Å². The van der Waals surface area contributed by atoms with Gasteiger partial charge in [-0.1, -0.05) is 13.8 Å². The molecule has 1 aliphatic rings. The van der Waals surface area contributed by atoms with E-state index < -0.39 is 0 Å². The molecule has 0 aromatic rings. The Kier molecular flexibility index (Phi) is 6.78. The highest BCUT2D eigenvalue weighted by Gasteiger charge is 2.40. The molecule has 19 heavy (non-hydrogen) atoms. The Hall–Kier alpha value is -0.120. The van der Waals surface area contributed by atoms with E-state index in [0.717, 1.165) is 6.54 Å². The van der Waals surface area contributed by atoms with Crippen molar-refractivity contribution >= 4 is 0 Å². The summed E-state index contributed by atoms with van der Waals surface area (Å²) < 4.78 is 0. The predicted octanol–water partition coefficient (Wildman–Crippen LogP) is 2.57. The van der Waals surface area contributed by atoms with Gasteiger partial charge in [-0.15, -0.1) is 0 Å². The zero-order valence-corrected chi connectivity index (χ0v) is 14.0. The highest BCUT2D eigenvalue weighted by Crippen LogP contribution is 2.37. The number of nitrogens with one attached hydrogen (secondary N) is 1. The van der Waals surface area contributed by atoms with Crippen molar-refractivity contribution in [2.75, 3.05) is 34.2 Å². The molecule has 0 radical (unpaired) electrons. The number of rotatable bonds is 9. The van der Waals surface area contributed by atoms with Crippen LogP contribution in [0.15, 0.2) is 0 Å². The molecular weight excluding hydrogens is 234 g/mol. The minimum atomic E-state index is 0.437. The molecule has 3 nitrogen and oxygen atoms in total. The summed E-state index contributed by atoms with van der Waals surface area (Å²) in [5.41, 5.74) is 0.437. The van der Waals surface area contributed by atoms with Crippen molar-refractivity contribution in [1.82, 2.24) is 15.1 Å². The summed E-state index contributed by atoms with van der Waals surface area (Å²) in [4.78, 5) is 5.01. The zero-order valence-electron chi connectivity index (χ0n) is 14.0. The molecule has 3 heteroatoms. The molecule has 2 atom stereocenters. The van der Waals surface area contributed by atoms with Crippen LogP contribution in [0.25, 0.3) is 0 Å². The lowest BCUT2D eigenvalue weighted by Gasteiger charge is -2.50. The van der Waals surface area contributed by atoms with Gasteiger partial charge in [0.05, 0.1) is 0 Å². The Morgan fingerprint density at radius 3 is 2.16 bits per heavy atom. The molecule has 0 saturated heterocycles. The predicted molar refractivity (Wildman–Crippen MR) is 84.7 cm³/mol. The maximum Gasteiger partial charge on any atom is 0.0330 e. The maximum atomic E-state index is 3.70. The summed E-state index contributed by atoms with van der Waals surface area (Å²) in [6, 6.07) is 1.22. The third-order valence-electron chi connectivity index (χ3n) is 5.15. The van der Waals surface area contributed by atoms with E-state index in [1.54, 1.807) is 0 Å². The fourth-order valence-corrected chi connectivity index (χ4v) is 3.23. The van der Waals surface area contributed by atoms with E-state index in [0.29, 0.717) is 17.6 Å². The van der Waals surface area contributed by atoms with Crippen LogP contribution in [0, 0.1) is 0 Å². The zero-order chi connectivity index (χ0) is 14.5. The fraction of sp³-hybridized carbons (Fsp3) is 1.00. The highest BCUT2D eigenvalue weighted by atomic mass is 15.2. The van der Waals surface area contributed by atoms with E-state index in [-0.39, 0.29) is 0 Å². The first-order valence-electron chi connectivity index (χ1n) is 8.08. The second-order valence-corrected chi connectivity index (χ2v) is 6.60. The molecule has 0 bridgehead atoms. The van der Waals surface area contributed by atoms with Gasteiger partial charge in [-0.25, -0.2) is 0 Å². The molecule has 2 unspecified atom stereocenters. The van der Waals surface area contributed by atoms with Crippen LogP contribution in [-0.4, -0.2) is 61.7 Å². The first kappa shape index (κ1) is 16.9. The normalized spacial score (nSPS) is 21.5. The van der Waals surface area contributed by atoms with Gasteiger partial charge in [-0.3, -0.25) is 0 Å². The van der Waals surface area contributed by atoms with Crippen molar-refractivity contribution in [2.45, 2.75) is 70.5 Å². The molecule has 0 aromatic heterocycles. The quantitative estimate of drug-likeness (QED) is 0.694. The molecule has 1 saturated carbocycles. The number of nitrogens with zero attached hydrogens (tertiary/aromatic N) is 2. The van der Waals surface area contributed by atoms with Gasteiger partial charge in [0.15, 0.2) is 0 Å². The van der Waals surface area contributed by atoms with E-state index in [1.807, 2.05) is 0 Å². The van der Waals surface area contributed by atoms with Gasteiger partial charge in [-0.05, 0) is 66.7 Å². The minimum Gasteiger partial charge on any atom is -0.312 e. The summed E-state index contributed by atoms with van der Waals surface area (Å²) in [6.07, 6.45) is 6.53. The van der Waals surface area contributed by atoms with Gasteiger partial charge >= 0.3 is 0 Å². The lowest BCUT2D eigenvalue weighted by atomic mass is 9.75. The van der Waals surface area contributed by atoms with Crippen LogP contribution in [0.5, 0.6) is 0 Å². The largest absolute Gasteiger partial charge is 0.312 e. The molecule has 1 rings (SSSR count). The number of hydrogen-bond acceptors (Lipinski definition) is 3. The summed E-state index contributed by atoms with van der Waals surface area (Å²) in [7, 11) is 6.78. The van der Waals surface area contributed by atoms with Gasteiger partial charge in [0.2, 0.25) is 0 Å². The molecule has 1 aliphatic carbocycles. The Labute approximate surface area is 120 Å². The lowest BCUT2D eigenvalue weighted by molar-refractivity contribution is 0.0132. The Balaban J connectivity index is 2.52. The maximum absolute atomic E-state index is 3.70. The van der Waals surface area contributed by atoms with Gasteiger partial charge in [0, 0.05) is 24.2 Å². The van der Waals surface area contributed by atoms with Crippen molar-refractivity contribution < 1.29 is 0 Å². The van der Waals surface area contributed by atoms with Gasteiger partial charge < -0.3 is 15.1 Å². The van der Waals surface area contributed by atoms with Crippen LogP contribution in [0.4, 0.5) is 0 Å². The second kappa shape index (κ2) is 7.61. The van der Waals surface area contributed by atoms with Crippen LogP contribution < -0.4 is 5.32 Å². The van der Waals surface area contributed by atoms with Gasteiger partial charge in [0.25, 0.3) is 0 Å². The number of hydrogen-bond donors (Lipinski definition) is 1. The monoisotopic (exact) mass is 269 g/mol. The molecule has 0 amide bonds. The summed E-state index contributed by atoms with van der Waals surface area (Å²) in [5, 5.41) is 3.70. The molecule has 1 fully saturated rings. The first-order valence-corrected chi connectivity index (χ1v) is 8.08. The van der Waals surface area contributed by atoms with Gasteiger partial charge in [0.1, 0.15) is 0 Å². The standard InChI is InChI=1S/C16H35N3/c1-7-12-17-15(8-2)14(3)19(6)13-16(18(4)5)10-9-11-16/h14-15,17H,7-13H2,1-6H3. The topological polar surface area (TPSA) is 18.5 Å².